The molecular weight excluding hydrogens is 483 g/mol. The molecule has 0 aliphatic carbocycles. The Bertz CT molecular complexity index is 771. The predicted octanol–water partition coefficient (Wildman–Crippen LogP) is -2.42. The fourth-order valence-corrected chi connectivity index (χ4v) is 3.51. The van der Waals surface area contributed by atoms with Crippen LogP contribution in [0, 0.1) is 5.92 Å². The molecule has 2 aliphatic heterocycles. The van der Waals surface area contributed by atoms with Crippen molar-refractivity contribution in [2.75, 3.05) is 26.4 Å². The van der Waals surface area contributed by atoms with Crippen molar-refractivity contribution in [3.8, 4) is 0 Å². The molecule has 0 radical (unpaired) electrons. The lowest BCUT2D eigenvalue weighted by Crippen LogP contribution is -2.69. The number of carbonyl (C=O) groups is 2. The number of guanidine groups is 1. The van der Waals surface area contributed by atoms with Crippen molar-refractivity contribution in [1.29, 1.82) is 0 Å². The average molecular weight is 515 g/mol. The number of nitrogens with one attached hydrogen (secondary N) is 2. The van der Waals surface area contributed by atoms with Crippen LogP contribution < -0.4 is 16.4 Å². The first-order valence-electron chi connectivity index (χ1n) is 10.9. The molecule has 0 aromatic carbocycles. The molecule has 7 N–H and O–H groups in total. The van der Waals surface area contributed by atoms with Gasteiger partial charge in [-0.1, -0.05) is 20.8 Å². The van der Waals surface area contributed by atoms with E-state index < -0.39 is 74.9 Å². The van der Waals surface area contributed by atoms with E-state index in [4.69, 9.17) is 15.2 Å². The van der Waals surface area contributed by atoms with E-state index in [1.54, 1.807) is 20.8 Å². The SMILES string of the molecule is CCN(C1NC(NC(=O)C(C)C)=NC(O)C1N)[C@@H]1O[C@H](CO)C(O)C1OCC(=O)OCC(F)(F)F. The van der Waals surface area contributed by atoms with Crippen LogP contribution in [0.15, 0.2) is 4.99 Å². The van der Waals surface area contributed by atoms with Crippen LogP contribution in [0.2, 0.25) is 0 Å². The van der Waals surface area contributed by atoms with Gasteiger partial charge >= 0.3 is 12.1 Å². The van der Waals surface area contributed by atoms with E-state index in [2.05, 4.69) is 20.4 Å². The fraction of sp³-hybridized carbons (Fsp3) is 0.842. The molecule has 202 valence electrons. The van der Waals surface area contributed by atoms with Gasteiger partial charge in [0.15, 0.2) is 12.8 Å². The average Bonchev–Trinajstić information content (AvgIpc) is 3.09. The molecular formula is C19H32F3N5O8. The fourth-order valence-electron chi connectivity index (χ4n) is 3.51. The van der Waals surface area contributed by atoms with E-state index in [-0.39, 0.29) is 24.3 Å². The first-order valence-corrected chi connectivity index (χ1v) is 10.9. The summed E-state index contributed by atoms with van der Waals surface area (Å²) < 4.78 is 51.9. The number of hydrogen-bond acceptors (Lipinski definition) is 12. The molecule has 13 nitrogen and oxygen atoms in total. The Balaban J connectivity index is 2.18. The second-order valence-electron chi connectivity index (χ2n) is 8.32. The van der Waals surface area contributed by atoms with Crippen molar-refractivity contribution in [1.82, 2.24) is 15.5 Å². The van der Waals surface area contributed by atoms with Gasteiger partial charge in [-0.3, -0.25) is 15.0 Å². The van der Waals surface area contributed by atoms with Gasteiger partial charge in [-0.05, 0) is 6.54 Å². The third-order valence-corrected chi connectivity index (χ3v) is 5.35. The highest BCUT2D eigenvalue weighted by Crippen LogP contribution is 2.29. The summed E-state index contributed by atoms with van der Waals surface area (Å²) in [6.07, 6.45) is -12.2. The Morgan fingerprint density at radius 2 is 2.00 bits per heavy atom. The molecule has 0 aromatic heterocycles. The minimum atomic E-state index is -4.72. The Morgan fingerprint density at radius 1 is 1.34 bits per heavy atom. The molecule has 1 saturated heterocycles. The molecule has 16 heteroatoms. The lowest BCUT2D eigenvalue weighted by atomic mass is 10.1. The largest absolute Gasteiger partial charge is 0.454 e. The van der Waals surface area contributed by atoms with Crippen LogP contribution in [-0.2, 0) is 23.8 Å². The molecule has 0 aromatic rings. The molecule has 0 saturated carbocycles. The summed E-state index contributed by atoms with van der Waals surface area (Å²) in [5, 5.41) is 35.8. The topological polar surface area (TPSA) is 188 Å². The first kappa shape index (κ1) is 29.2. The maximum atomic E-state index is 12.3. The number of aliphatic hydroxyl groups excluding tert-OH is 3. The lowest BCUT2D eigenvalue weighted by molar-refractivity contribution is -0.193. The number of ether oxygens (including phenoxy) is 3. The van der Waals surface area contributed by atoms with E-state index in [0.717, 1.165) is 0 Å². The Labute approximate surface area is 199 Å². The van der Waals surface area contributed by atoms with Gasteiger partial charge in [-0.15, -0.1) is 0 Å². The molecule has 7 atom stereocenters. The van der Waals surface area contributed by atoms with Gasteiger partial charge in [0.1, 0.15) is 37.3 Å². The molecule has 1 amide bonds. The number of hydrogen-bond donors (Lipinski definition) is 6. The first-order chi connectivity index (χ1) is 16.3. The standard InChI is InChI=1S/C19H32F3N5O8/c1-4-27(14-11(23)16(32)26-18(24-14)25-15(31)8(2)3)17-13(12(30)9(5-28)35-17)33-6-10(29)34-7-19(20,21)22/h8-9,11-14,16-17,28,30,32H,4-7,23H2,1-3H3,(H2,24,25,26,31)/t9-,11?,12?,13?,14?,16?,17-/m1/s1. The number of aliphatic imine (C=N–C) groups is 1. The van der Waals surface area contributed by atoms with Crippen molar-refractivity contribution in [2.24, 2.45) is 16.6 Å². The van der Waals surface area contributed by atoms with Crippen molar-refractivity contribution >= 4 is 17.8 Å². The number of carbonyl (C=O) groups excluding carboxylic acids is 2. The number of likely N-dealkylation sites (N-methyl/N-ethyl adjacent to an activating group) is 1. The van der Waals surface area contributed by atoms with Gasteiger partial charge in [-0.2, -0.15) is 13.2 Å². The van der Waals surface area contributed by atoms with Gasteiger partial charge in [0.25, 0.3) is 0 Å². The quantitative estimate of drug-likeness (QED) is 0.179. The van der Waals surface area contributed by atoms with Crippen LogP contribution >= 0.6 is 0 Å². The van der Waals surface area contributed by atoms with E-state index in [0.29, 0.717) is 0 Å². The van der Waals surface area contributed by atoms with Crippen molar-refractivity contribution in [3.63, 3.8) is 0 Å². The summed E-state index contributed by atoms with van der Waals surface area (Å²) in [7, 11) is 0. The molecule has 5 unspecified atom stereocenters. The predicted molar refractivity (Wildman–Crippen MR) is 112 cm³/mol. The van der Waals surface area contributed by atoms with Crippen LogP contribution in [0.1, 0.15) is 20.8 Å². The lowest BCUT2D eigenvalue weighted by Gasteiger charge is -2.43. The zero-order valence-corrected chi connectivity index (χ0v) is 19.4. The second kappa shape index (κ2) is 12.2. The number of alkyl halides is 3. The third-order valence-electron chi connectivity index (χ3n) is 5.35. The minimum Gasteiger partial charge on any atom is -0.454 e. The zero-order chi connectivity index (χ0) is 26.5. The number of amides is 1. The summed E-state index contributed by atoms with van der Waals surface area (Å²) in [5.74, 6) is -2.15. The van der Waals surface area contributed by atoms with Gasteiger partial charge in [0, 0.05) is 5.92 Å². The van der Waals surface area contributed by atoms with Gasteiger partial charge in [0.05, 0.1) is 12.6 Å². The van der Waals surface area contributed by atoms with Crippen LogP contribution in [-0.4, -0.2) is 114 Å². The number of rotatable bonds is 9. The van der Waals surface area contributed by atoms with Crippen molar-refractivity contribution < 1.29 is 52.3 Å². The van der Waals surface area contributed by atoms with Crippen LogP contribution in [0.3, 0.4) is 0 Å². The Hall–Kier alpha value is -2.08. The Morgan fingerprint density at radius 3 is 2.54 bits per heavy atom. The van der Waals surface area contributed by atoms with Gasteiger partial charge in [-0.25, -0.2) is 9.79 Å². The summed E-state index contributed by atoms with van der Waals surface area (Å²) in [4.78, 5) is 29.2. The van der Waals surface area contributed by atoms with Crippen molar-refractivity contribution in [2.45, 2.75) is 69.9 Å². The highest BCUT2D eigenvalue weighted by Gasteiger charge is 2.50. The van der Waals surface area contributed by atoms with Crippen LogP contribution in [0.4, 0.5) is 13.2 Å². The number of halogens is 3. The molecule has 2 aliphatic rings. The maximum absolute atomic E-state index is 12.3. The number of esters is 1. The molecule has 2 rings (SSSR count). The highest BCUT2D eigenvalue weighted by molar-refractivity contribution is 5.98. The van der Waals surface area contributed by atoms with Crippen LogP contribution in [0.5, 0.6) is 0 Å². The summed E-state index contributed by atoms with van der Waals surface area (Å²) in [6.45, 7) is 1.79. The van der Waals surface area contributed by atoms with Gasteiger partial charge in [0.2, 0.25) is 11.9 Å². The molecule has 0 spiro atoms. The summed E-state index contributed by atoms with van der Waals surface area (Å²) in [6, 6.07) is -1.05. The normalized spacial score (nSPS) is 31.3. The van der Waals surface area contributed by atoms with E-state index in [1.807, 2.05) is 0 Å². The van der Waals surface area contributed by atoms with E-state index in [1.165, 1.54) is 4.90 Å². The molecule has 1 fully saturated rings. The summed E-state index contributed by atoms with van der Waals surface area (Å²) in [5.41, 5.74) is 6.11. The van der Waals surface area contributed by atoms with Crippen molar-refractivity contribution in [3.05, 3.63) is 0 Å². The zero-order valence-electron chi connectivity index (χ0n) is 19.4. The third kappa shape index (κ3) is 7.70. The molecule has 0 bridgehead atoms. The number of nitrogens with zero attached hydrogens (tertiary/aromatic N) is 2. The van der Waals surface area contributed by atoms with Crippen LogP contribution in [0.25, 0.3) is 0 Å². The monoisotopic (exact) mass is 515 g/mol. The molecule has 35 heavy (non-hydrogen) atoms. The second-order valence-corrected chi connectivity index (χ2v) is 8.32. The summed E-state index contributed by atoms with van der Waals surface area (Å²) >= 11 is 0. The Kier molecular flexibility index (Phi) is 10.2. The number of nitrogens with two attached hydrogens (primary N) is 1. The number of aliphatic hydroxyl groups is 3. The molecule has 2 heterocycles. The minimum absolute atomic E-state index is 0.0631. The van der Waals surface area contributed by atoms with E-state index in [9.17, 15) is 38.1 Å². The maximum Gasteiger partial charge on any atom is 0.422 e. The van der Waals surface area contributed by atoms with E-state index >= 15 is 0 Å². The smallest absolute Gasteiger partial charge is 0.422 e. The highest BCUT2D eigenvalue weighted by atomic mass is 19.4. The van der Waals surface area contributed by atoms with Gasteiger partial charge < -0.3 is 40.6 Å².